The number of hydrogen-bond donors (Lipinski definition) is 0. The van der Waals surface area contributed by atoms with Crippen molar-refractivity contribution in [3.63, 3.8) is 0 Å². The van der Waals surface area contributed by atoms with E-state index in [-0.39, 0.29) is 0 Å². The van der Waals surface area contributed by atoms with Gasteiger partial charge in [-0.3, -0.25) is 0 Å². The summed E-state index contributed by atoms with van der Waals surface area (Å²) in [5.74, 6) is 0. The van der Waals surface area contributed by atoms with E-state index in [1.54, 1.807) is 22.7 Å². The Morgan fingerprint density at radius 2 is 0.667 bits per heavy atom. The average molecular weight is 721 g/mol. The molecule has 0 unspecified atom stereocenters. The molecule has 0 saturated carbocycles. The molecule has 0 N–H and O–H groups in total. The largest absolute Gasteiger partial charge is 0.192 e. The fourth-order valence-corrected chi connectivity index (χ4v) is 10.2. The van der Waals surface area contributed by atoms with Crippen molar-refractivity contribution >= 4 is 63.0 Å². The van der Waals surface area contributed by atoms with E-state index in [9.17, 15) is 10.5 Å². The molecule has 2 nitrogen and oxygen atoms in total. The van der Waals surface area contributed by atoms with E-state index in [0.717, 1.165) is 55.6 Å². The zero-order valence-electron chi connectivity index (χ0n) is 28.9. The van der Waals surface area contributed by atoms with Gasteiger partial charge in [-0.15, -0.1) is 22.7 Å². The Balaban J connectivity index is 1.04. The van der Waals surface area contributed by atoms with Crippen LogP contribution in [0.4, 0.5) is 0 Å². The van der Waals surface area contributed by atoms with Crippen molar-refractivity contribution in [1.29, 1.82) is 10.5 Å². The Morgan fingerprint density at radius 3 is 1.11 bits per heavy atom. The number of thiophene rings is 2. The van der Waals surface area contributed by atoms with Crippen molar-refractivity contribution in [2.45, 2.75) is 0 Å². The van der Waals surface area contributed by atoms with E-state index >= 15 is 0 Å². The molecule has 10 rings (SSSR count). The lowest BCUT2D eigenvalue weighted by Crippen LogP contribution is -1.88. The van der Waals surface area contributed by atoms with E-state index in [0.29, 0.717) is 11.1 Å². The zero-order chi connectivity index (χ0) is 36.2. The minimum absolute atomic E-state index is 0.632. The van der Waals surface area contributed by atoms with Gasteiger partial charge in [-0.05, 0) is 116 Å². The van der Waals surface area contributed by atoms with Crippen LogP contribution in [0.1, 0.15) is 11.1 Å². The fraction of sp³-hybridized carbons (Fsp3) is 0. The summed E-state index contributed by atoms with van der Waals surface area (Å²) >= 11 is 3.60. The maximum absolute atomic E-state index is 10.1. The molecule has 0 aliphatic carbocycles. The highest BCUT2D eigenvalue weighted by molar-refractivity contribution is 7.26. The van der Waals surface area contributed by atoms with E-state index < -0.39 is 0 Å². The number of benzene rings is 8. The van der Waals surface area contributed by atoms with E-state index in [1.807, 2.05) is 24.3 Å². The minimum atomic E-state index is 0.632. The van der Waals surface area contributed by atoms with Crippen LogP contribution >= 0.6 is 22.7 Å². The van der Waals surface area contributed by atoms with Crippen LogP contribution in [-0.4, -0.2) is 0 Å². The summed E-state index contributed by atoms with van der Waals surface area (Å²) in [4.78, 5) is 0. The molecule has 0 amide bonds. The summed E-state index contributed by atoms with van der Waals surface area (Å²) in [5, 5.41) is 25.3. The third-order valence-corrected chi connectivity index (χ3v) is 12.7. The molecule has 2 aromatic heterocycles. The molecule has 0 radical (unpaired) electrons. The number of hydrogen-bond acceptors (Lipinski definition) is 4. The molecule has 0 aliphatic heterocycles. The van der Waals surface area contributed by atoms with Crippen LogP contribution in [0.25, 0.3) is 96.0 Å². The van der Waals surface area contributed by atoms with E-state index in [2.05, 4.69) is 158 Å². The SMILES string of the molecule is N#Cc1cc(-c2cccc(-c3cccc(-c4cc(C#N)cc(-c5cccc6c5sc5ccccc56)c4)c3)c2)cc(-c2cccc3c2sc2ccccc23)c1. The van der Waals surface area contributed by atoms with E-state index in [4.69, 9.17) is 0 Å². The molecule has 0 fully saturated rings. The molecule has 10 aromatic rings. The second-order valence-electron chi connectivity index (χ2n) is 13.5. The van der Waals surface area contributed by atoms with Crippen LogP contribution in [0.5, 0.6) is 0 Å². The van der Waals surface area contributed by atoms with Crippen molar-refractivity contribution < 1.29 is 0 Å². The van der Waals surface area contributed by atoms with Gasteiger partial charge in [-0.25, -0.2) is 0 Å². The number of fused-ring (bicyclic) bond motifs is 6. The summed E-state index contributed by atoms with van der Waals surface area (Å²) in [6.45, 7) is 0. The second-order valence-corrected chi connectivity index (χ2v) is 15.6. The standard InChI is InChI=1S/C50H28N2S2/c51-29-31-21-37(27-39(23-31)41-15-7-17-45-43-13-1-3-19-47(43)53-49(41)45)35-11-5-9-33(25-35)34-10-6-12-36(26-34)38-22-32(30-52)24-40(28-38)42-16-8-18-46-44-14-2-4-20-48(44)54-50(42)46/h1-28H. The van der Waals surface area contributed by atoms with Crippen LogP contribution in [0.15, 0.2) is 170 Å². The lowest BCUT2D eigenvalue weighted by Gasteiger charge is -2.12. The highest BCUT2D eigenvalue weighted by Crippen LogP contribution is 2.43. The smallest absolute Gasteiger partial charge is 0.0992 e. The van der Waals surface area contributed by atoms with Gasteiger partial charge < -0.3 is 0 Å². The van der Waals surface area contributed by atoms with Gasteiger partial charge in [0.25, 0.3) is 0 Å². The number of nitrogens with zero attached hydrogens (tertiary/aromatic N) is 2. The van der Waals surface area contributed by atoms with Gasteiger partial charge in [0.05, 0.1) is 23.3 Å². The van der Waals surface area contributed by atoms with E-state index in [1.165, 1.54) is 40.3 Å². The molecular weight excluding hydrogens is 693 g/mol. The van der Waals surface area contributed by atoms with Crippen LogP contribution in [0, 0.1) is 22.7 Å². The highest BCUT2D eigenvalue weighted by atomic mass is 32.1. The monoisotopic (exact) mass is 720 g/mol. The Labute approximate surface area is 320 Å². The molecule has 4 heteroatoms. The van der Waals surface area contributed by atoms with Gasteiger partial charge in [-0.1, -0.05) is 109 Å². The van der Waals surface area contributed by atoms with Crippen LogP contribution in [-0.2, 0) is 0 Å². The van der Waals surface area contributed by atoms with Crippen LogP contribution in [0.3, 0.4) is 0 Å². The van der Waals surface area contributed by atoms with Gasteiger partial charge in [0.15, 0.2) is 0 Å². The molecular formula is C50H28N2S2. The summed E-state index contributed by atoms with van der Waals surface area (Å²) in [6, 6.07) is 64.3. The lowest BCUT2D eigenvalue weighted by molar-refractivity contribution is 1.48. The van der Waals surface area contributed by atoms with Crippen LogP contribution < -0.4 is 0 Å². The molecule has 0 spiro atoms. The van der Waals surface area contributed by atoms with Gasteiger partial charge in [0, 0.05) is 40.3 Å². The molecule has 2 heterocycles. The number of nitriles is 2. The Hall–Kier alpha value is -6.82. The minimum Gasteiger partial charge on any atom is -0.192 e. The molecule has 8 aromatic carbocycles. The molecule has 0 atom stereocenters. The Bertz CT molecular complexity index is 2990. The first kappa shape index (κ1) is 31.9. The van der Waals surface area contributed by atoms with Crippen molar-refractivity contribution in [3.05, 3.63) is 181 Å². The molecule has 0 aliphatic rings. The maximum Gasteiger partial charge on any atom is 0.0992 e. The van der Waals surface area contributed by atoms with Gasteiger partial charge >= 0.3 is 0 Å². The zero-order valence-corrected chi connectivity index (χ0v) is 30.5. The summed E-state index contributed by atoms with van der Waals surface area (Å²) in [6.07, 6.45) is 0. The normalized spacial score (nSPS) is 11.3. The predicted molar refractivity (Wildman–Crippen MR) is 229 cm³/mol. The fourth-order valence-electron chi connectivity index (χ4n) is 7.73. The number of rotatable bonds is 5. The third-order valence-electron chi connectivity index (χ3n) is 10.3. The van der Waals surface area contributed by atoms with Crippen molar-refractivity contribution in [2.24, 2.45) is 0 Å². The first-order valence-corrected chi connectivity index (χ1v) is 19.4. The molecule has 0 bridgehead atoms. The van der Waals surface area contributed by atoms with Crippen molar-refractivity contribution in [1.82, 2.24) is 0 Å². The van der Waals surface area contributed by atoms with Crippen molar-refractivity contribution in [2.75, 3.05) is 0 Å². The van der Waals surface area contributed by atoms with Gasteiger partial charge in [0.1, 0.15) is 0 Å². The quantitative estimate of drug-likeness (QED) is 0.178. The maximum atomic E-state index is 10.1. The molecule has 54 heavy (non-hydrogen) atoms. The van der Waals surface area contributed by atoms with Gasteiger partial charge in [-0.2, -0.15) is 10.5 Å². The van der Waals surface area contributed by atoms with Gasteiger partial charge in [0.2, 0.25) is 0 Å². The topological polar surface area (TPSA) is 47.6 Å². The third kappa shape index (κ3) is 5.45. The molecule has 250 valence electrons. The summed E-state index contributed by atoms with van der Waals surface area (Å²) in [7, 11) is 0. The van der Waals surface area contributed by atoms with Crippen molar-refractivity contribution in [3.8, 4) is 67.8 Å². The first-order chi connectivity index (χ1) is 26.6. The Morgan fingerprint density at radius 1 is 0.315 bits per heavy atom. The van der Waals surface area contributed by atoms with Crippen LogP contribution in [0.2, 0.25) is 0 Å². The lowest BCUT2D eigenvalue weighted by atomic mass is 9.92. The predicted octanol–water partition coefficient (Wildman–Crippen LogP) is 14.5. The highest BCUT2D eigenvalue weighted by Gasteiger charge is 2.15. The summed E-state index contributed by atoms with van der Waals surface area (Å²) in [5.41, 5.74) is 11.9. The molecule has 0 saturated heterocycles. The average Bonchev–Trinajstić information content (AvgIpc) is 3.82. The second kappa shape index (κ2) is 13.0. The Kier molecular flexibility index (Phi) is 7.67. The summed E-state index contributed by atoms with van der Waals surface area (Å²) < 4.78 is 4.98. The first-order valence-electron chi connectivity index (χ1n) is 17.8.